The fraction of sp³-hybridized carbons (Fsp3) is 0.538. The number of nitrogens with zero attached hydrogens (tertiary/aromatic N) is 1. The van der Waals surface area contributed by atoms with Crippen molar-refractivity contribution in [3.05, 3.63) is 22.4 Å². The normalized spacial score (nSPS) is 16.1. The molecule has 1 saturated carbocycles. The van der Waals surface area contributed by atoms with Gasteiger partial charge in [-0.3, -0.25) is 4.79 Å². The van der Waals surface area contributed by atoms with E-state index in [-0.39, 0.29) is 5.91 Å². The monoisotopic (exact) mass is 296 g/mol. The molecule has 0 saturated heterocycles. The molecule has 1 fully saturated rings. The van der Waals surface area contributed by atoms with E-state index in [0.717, 1.165) is 15.9 Å². The predicted molar refractivity (Wildman–Crippen MR) is 71.9 cm³/mol. The molecule has 1 amide bonds. The zero-order valence-electron chi connectivity index (χ0n) is 10.0. The van der Waals surface area contributed by atoms with E-state index in [9.17, 15) is 4.79 Å². The van der Waals surface area contributed by atoms with Gasteiger partial charge in [0, 0.05) is 6.42 Å². The minimum Gasteiger partial charge on any atom is -0.325 e. The van der Waals surface area contributed by atoms with Crippen LogP contribution in [0.1, 0.15) is 37.7 Å². The van der Waals surface area contributed by atoms with Crippen molar-refractivity contribution < 1.29 is 4.79 Å². The molecule has 0 atom stereocenters. The Morgan fingerprint density at radius 2 is 2.24 bits per heavy atom. The number of aryl methyl sites for hydroxylation is 1. The molecule has 1 aromatic rings. The van der Waals surface area contributed by atoms with Gasteiger partial charge in [0.05, 0.1) is 11.9 Å². The first-order valence-corrected chi connectivity index (χ1v) is 6.86. The fourth-order valence-corrected chi connectivity index (χ4v) is 2.53. The molecule has 0 bridgehead atoms. The van der Waals surface area contributed by atoms with E-state index in [1.165, 1.54) is 25.7 Å². The highest BCUT2D eigenvalue weighted by Crippen LogP contribution is 2.27. The van der Waals surface area contributed by atoms with Crippen molar-refractivity contribution in [2.75, 3.05) is 5.32 Å². The minimum absolute atomic E-state index is 0.112. The summed E-state index contributed by atoms with van der Waals surface area (Å²) < 4.78 is 0.825. The van der Waals surface area contributed by atoms with Crippen LogP contribution in [-0.4, -0.2) is 10.9 Å². The lowest BCUT2D eigenvalue weighted by Crippen LogP contribution is -2.15. The van der Waals surface area contributed by atoms with Gasteiger partial charge in [0.25, 0.3) is 0 Å². The summed E-state index contributed by atoms with van der Waals surface area (Å²) in [6, 6.07) is 1.93. The van der Waals surface area contributed by atoms with Gasteiger partial charge in [-0.2, -0.15) is 0 Å². The Balaban J connectivity index is 1.90. The van der Waals surface area contributed by atoms with E-state index in [1.54, 1.807) is 6.20 Å². The number of nitrogens with one attached hydrogen (secondary N) is 1. The van der Waals surface area contributed by atoms with Crippen molar-refractivity contribution in [1.82, 2.24) is 4.98 Å². The van der Waals surface area contributed by atoms with Crippen molar-refractivity contribution >= 4 is 27.5 Å². The predicted octanol–water partition coefficient (Wildman–Crippen LogP) is 3.67. The first-order chi connectivity index (χ1) is 8.15. The molecule has 1 aliphatic rings. The van der Waals surface area contributed by atoms with Gasteiger partial charge < -0.3 is 5.32 Å². The second-order valence-electron chi connectivity index (χ2n) is 4.73. The Kier molecular flexibility index (Phi) is 4.15. The molecule has 1 heterocycles. The number of aromatic nitrogens is 1. The van der Waals surface area contributed by atoms with Crippen LogP contribution in [0.2, 0.25) is 0 Å². The van der Waals surface area contributed by atoms with E-state index in [2.05, 4.69) is 26.2 Å². The van der Waals surface area contributed by atoms with Gasteiger partial charge in [-0.05, 0) is 53.2 Å². The van der Waals surface area contributed by atoms with Crippen LogP contribution < -0.4 is 5.32 Å². The molecule has 1 aromatic heterocycles. The van der Waals surface area contributed by atoms with Crippen LogP contribution in [0, 0.1) is 12.8 Å². The smallest absolute Gasteiger partial charge is 0.224 e. The first kappa shape index (κ1) is 12.6. The van der Waals surface area contributed by atoms with Gasteiger partial charge in [-0.25, -0.2) is 4.98 Å². The number of hydrogen-bond acceptors (Lipinski definition) is 2. The number of carbonyl (C=O) groups excluding carboxylic acids is 1. The van der Waals surface area contributed by atoms with E-state index < -0.39 is 0 Å². The van der Waals surface area contributed by atoms with Gasteiger partial charge in [0.15, 0.2) is 0 Å². The van der Waals surface area contributed by atoms with Crippen molar-refractivity contribution in [1.29, 1.82) is 0 Å². The summed E-state index contributed by atoms with van der Waals surface area (Å²) in [5.41, 5.74) is 1.82. The van der Waals surface area contributed by atoms with Crippen LogP contribution in [0.15, 0.2) is 16.9 Å². The van der Waals surface area contributed by atoms with Crippen molar-refractivity contribution in [2.45, 2.75) is 39.0 Å². The quantitative estimate of drug-likeness (QED) is 0.865. The van der Waals surface area contributed by atoms with Gasteiger partial charge >= 0.3 is 0 Å². The van der Waals surface area contributed by atoms with Crippen molar-refractivity contribution in [2.24, 2.45) is 5.92 Å². The third-order valence-corrected chi connectivity index (χ3v) is 4.08. The average Bonchev–Trinajstić information content (AvgIpc) is 2.76. The molecule has 1 aliphatic carbocycles. The lowest BCUT2D eigenvalue weighted by molar-refractivity contribution is -0.117. The molecular weight excluding hydrogens is 280 g/mol. The van der Waals surface area contributed by atoms with Crippen molar-refractivity contribution in [3.8, 4) is 0 Å². The van der Waals surface area contributed by atoms with Crippen LogP contribution in [0.5, 0.6) is 0 Å². The van der Waals surface area contributed by atoms with Crippen LogP contribution in [0.25, 0.3) is 0 Å². The molecule has 92 valence electrons. The topological polar surface area (TPSA) is 42.0 Å². The van der Waals surface area contributed by atoms with E-state index in [1.807, 2.05) is 13.0 Å². The zero-order chi connectivity index (χ0) is 12.3. The molecule has 0 aromatic carbocycles. The fourth-order valence-electron chi connectivity index (χ4n) is 2.32. The molecular formula is C13H17BrN2O. The molecule has 0 aliphatic heterocycles. The largest absolute Gasteiger partial charge is 0.325 e. The lowest BCUT2D eigenvalue weighted by Gasteiger charge is -2.10. The molecule has 17 heavy (non-hydrogen) atoms. The van der Waals surface area contributed by atoms with Gasteiger partial charge in [-0.15, -0.1) is 0 Å². The van der Waals surface area contributed by atoms with E-state index in [4.69, 9.17) is 0 Å². The van der Waals surface area contributed by atoms with E-state index in [0.29, 0.717) is 12.3 Å². The molecule has 1 N–H and O–H groups in total. The summed E-state index contributed by atoms with van der Waals surface area (Å²) >= 11 is 3.34. The maximum Gasteiger partial charge on any atom is 0.224 e. The number of hydrogen-bond donors (Lipinski definition) is 1. The van der Waals surface area contributed by atoms with Gasteiger partial charge in [0.2, 0.25) is 5.91 Å². The second kappa shape index (κ2) is 5.63. The Hall–Kier alpha value is -0.900. The van der Waals surface area contributed by atoms with E-state index >= 15 is 0 Å². The Labute approximate surface area is 110 Å². The molecule has 3 nitrogen and oxygen atoms in total. The number of pyridine rings is 1. The summed E-state index contributed by atoms with van der Waals surface area (Å²) in [7, 11) is 0. The molecule has 0 unspecified atom stereocenters. The summed E-state index contributed by atoms with van der Waals surface area (Å²) in [6.07, 6.45) is 7.28. The molecule has 4 heteroatoms. The van der Waals surface area contributed by atoms with Crippen LogP contribution in [-0.2, 0) is 4.79 Å². The first-order valence-electron chi connectivity index (χ1n) is 6.07. The number of carbonyl (C=O) groups is 1. The second-order valence-corrected chi connectivity index (χ2v) is 5.49. The highest BCUT2D eigenvalue weighted by Gasteiger charge is 2.18. The maximum absolute atomic E-state index is 11.8. The summed E-state index contributed by atoms with van der Waals surface area (Å²) in [5.74, 6) is 0.694. The minimum atomic E-state index is 0.112. The molecule has 0 spiro atoms. The highest BCUT2D eigenvalue weighted by molar-refractivity contribution is 9.10. The van der Waals surface area contributed by atoms with Crippen LogP contribution >= 0.6 is 15.9 Å². The summed E-state index contributed by atoms with van der Waals surface area (Å²) in [6.45, 7) is 1.96. The maximum atomic E-state index is 11.8. The van der Waals surface area contributed by atoms with Crippen molar-refractivity contribution in [3.63, 3.8) is 0 Å². The Morgan fingerprint density at radius 3 is 2.88 bits per heavy atom. The number of amides is 1. The highest BCUT2D eigenvalue weighted by atomic mass is 79.9. The number of anilines is 1. The lowest BCUT2D eigenvalue weighted by atomic mass is 10.0. The SMILES string of the molecule is Cc1cc(NC(=O)CC2CCCC2)cnc1Br. The molecule has 2 rings (SSSR count). The number of rotatable bonds is 3. The number of halogens is 1. The third kappa shape index (κ3) is 3.53. The Bertz CT molecular complexity index is 414. The van der Waals surface area contributed by atoms with Gasteiger partial charge in [-0.1, -0.05) is 12.8 Å². The van der Waals surface area contributed by atoms with Gasteiger partial charge in [0.1, 0.15) is 4.60 Å². The standard InChI is InChI=1S/C13H17BrN2O/c1-9-6-11(8-15-13(9)14)16-12(17)7-10-4-2-3-5-10/h6,8,10H,2-5,7H2,1H3,(H,16,17). The van der Waals surface area contributed by atoms with Crippen LogP contribution in [0.3, 0.4) is 0 Å². The Morgan fingerprint density at radius 1 is 1.53 bits per heavy atom. The third-order valence-electron chi connectivity index (χ3n) is 3.25. The summed E-state index contributed by atoms with van der Waals surface area (Å²) in [5, 5.41) is 2.91. The average molecular weight is 297 g/mol. The zero-order valence-corrected chi connectivity index (χ0v) is 11.6. The van der Waals surface area contributed by atoms with Crippen LogP contribution in [0.4, 0.5) is 5.69 Å². The molecule has 0 radical (unpaired) electrons. The summed E-state index contributed by atoms with van der Waals surface area (Å²) in [4.78, 5) is 16.0.